The molecule has 88 valence electrons. The second-order valence-corrected chi connectivity index (χ2v) is 4.04. The van der Waals surface area contributed by atoms with E-state index in [1.165, 1.54) is 0 Å². The molecular formula is C11H19N5. The third-order valence-electron chi connectivity index (χ3n) is 2.94. The van der Waals surface area contributed by atoms with Crippen molar-refractivity contribution in [3.63, 3.8) is 0 Å². The van der Waals surface area contributed by atoms with Crippen LogP contribution in [0.4, 0.5) is 5.82 Å². The lowest BCUT2D eigenvalue weighted by molar-refractivity contribution is 0.256. The van der Waals surface area contributed by atoms with Crippen LogP contribution in [0.3, 0.4) is 0 Å². The van der Waals surface area contributed by atoms with E-state index < -0.39 is 0 Å². The summed E-state index contributed by atoms with van der Waals surface area (Å²) in [5, 5.41) is 0. The predicted molar refractivity (Wildman–Crippen MR) is 64.4 cm³/mol. The van der Waals surface area contributed by atoms with Crippen molar-refractivity contribution in [1.29, 1.82) is 0 Å². The lowest BCUT2D eigenvalue weighted by Gasteiger charge is -2.35. The lowest BCUT2D eigenvalue weighted by Crippen LogP contribution is -2.47. The Morgan fingerprint density at radius 3 is 2.69 bits per heavy atom. The summed E-state index contributed by atoms with van der Waals surface area (Å²) in [6.07, 6.45) is 4.49. The first-order valence-electron chi connectivity index (χ1n) is 5.83. The lowest BCUT2D eigenvalue weighted by atomic mass is 10.3. The summed E-state index contributed by atoms with van der Waals surface area (Å²) in [7, 11) is 0. The highest BCUT2D eigenvalue weighted by molar-refractivity contribution is 5.36. The second-order valence-electron chi connectivity index (χ2n) is 4.04. The van der Waals surface area contributed by atoms with Crippen molar-refractivity contribution in [2.45, 2.75) is 6.42 Å². The molecule has 1 aliphatic heterocycles. The average molecular weight is 221 g/mol. The first-order valence-corrected chi connectivity index (χ1v) is 5.83. The number of hydrogen-bond acceptors (Lipinski definition) is 5. The van der Waals surface area contributed by atoms with Crippen LogP contribution in [0.15, 0.2) is 18.6 Å². The molecule has 5 heteroatoms. The van der Waals surface area contributed by atoms with Gasteiger partial charge in [-0.15, -0.1) is 0 Å². The molecule has 0 bridgehead atoms. The van der Waals surface area contributed by atoms with Gasteiger partial charge in [-0.25, -0.2) is 9.97 Å². The molecule has 0 amide bonds. The summed E-state index contributed by atoms with van der Waals surface area (Å²) in [4.78, 5) is 13.0. The molecule has 1 aromatic heterocycles. The van der Waals surface area contributed by atoms with Crippen LogP contribution in [0.1, 0.15) is 6.42 Å². The molecule has 2 heterocycles. The van der Waals surface area contributed by atoms with E-state index in [4.69, 9.17) is 5.73 Å². The van der Waals surface area contributed by atoms with Gasteiger partial charge in [-0.1, -0.05) is 0 Å². The Balaban J connectivity index is 1.81. The maximum Gasteiger partial charge on any atom is 0.131 e. The summed E-state index contributed by atoms with van der Waals surface area (Å²) in [5.41, 5.74) is 5.51. The third-order valence-corrected chi connectivity index (χ3v) is 2.94. The Morgan fingerprint density at radius 1 is 1.25 bits per heavy atom. The van der Waals surface area contributed by atoms with Gasteiger partial charge in [0.05, 0.1) is 0 Å². The van der Waals surface area contributed by atoms with Crippen LogP contribution >= 0.6 is 0 Å². The van der Waals surface area contributed by atoms with E-state index in [0.29, 0.717) is 0 Å². The summed E-state index contributed by atoms with van der Waals surface area (Å²) in [6, 6.07) is 1.97. The molecule has 0 aliphatic carbocycles. The van der Waals surface area contributed by atoms with E-state index in [9.17, 15) is 0 Å². The van der Waals surface area contributed by atoms with Crippen molar-refractivity contribution in [2.24, 2.45) is 5.73 Å². The average Bonchev–Trinajstić information content (AvgIpc) is 2.38. The van der Waals surface area contributed by atoms with Crippen molar-refractivity contribution in [1.82, 2.24) is 14.9 Å². The Labute approximate surface area is 96.3 Å². The molecule has 1 aliphatic rings. The van der Waals surface area contributed by atoms with Crippen molar-refractivity contribution in [3.8, 4) is 0 Å². The number of nitrogens with zero attached hydrogens (tertiary/aromatic N) is 4. The van der Waals surface area contributed by atoms with E-state index in [1.54, 1.807) is 12.5 Å². The minimum absolute atomic E-state index is 0.784. The highest BCUT2D eigenvalue weighted by Gasteiger charge is 2.16. The normalized spacial score (nSPS) is 17.7. The van der Waals surface area contributed by atoms with Crippen LogP contribution in [0.25, 0.3) is 0 Å². The van der Waals surface area contributed by atoms with E-state index in [-0.39, 0.29) is 0 Å². The summed E-state index contributed by atoms with van der Waals surface area (Å²) in [6.45, 7) is 6.19. The van der Waals surface area contributed by atoms with Gasteiger partial charge >= 0.3 is 0 Å². The Hall–Kier alpha value is -1.20. The van der Waals surface area contributed by atoms with E-state index in [0.717, 1.165) is 51.5 Å². The minimum Gasteiger partial charge on any atom is -0.354 e. The third kappa shape index (κ3) is 2.90. The van der Waals surface area contributed by atoms with E-state index in [2.05, 4.69) is 19.8 Å². The summed E-state index contributed by atoms with van der Waals surface area (Å²) < 4.78 is 0. The number of nitrogens with two attached hydrogens (primary N) is 1. The van der Waals surface area contributed by atoms with Crippen LogP contribution < -0.4 is 10.6 Å². The molecule has 5 nitrogen and oxygen atoms in total. The van der Waals surface area contributed by atoms with Crippen LogP contribution in [-0.2, 0) is 0 Å². The van der Waals surface area contributed by atoms with Gasteiger partial charge in [0.2, 0.25) is 0 Å². The molecule has 0 radical (unpaired) electrons. The van der Waals surface area contributed by atoms with Crippen molar-refractivity contribution in [3.05, 3.63) is 18.6 Å². The number of aromatic nitrogens is 2. The monoisotopic (exact) mass is 221 g/mol. The van der Waals surface area contributed by atoms with E-state index >= 15 is 0 Å². The molecule has 16 heavy (non-hydrogen) atoms. The number of piperazine rings is 1. The van der Waals surface area contributed by atoms with Gasteiger partial charge in [-0.3, -0.25) is 4.90 Å². The van der Waals surface area contributed by atoms with Gasteiger partial charge < -0.3 is 10.6 Å². The number of rotatable bonds is 4. The second kappa shape index (κ2) is 5.77. The standard InChI is InChI=1S/C11H19N5/c12-3-1-5-15-6-8-16(9-7-15)11-2-4-13-10-14-11/h2,4,10H,1,3,5-9,12H2. The number of anilines is 1. The zero-order valence-electron chi connectivity index (χ0n) is 9.55. The van der Waals surface area contributed by atoms with Gasteiger partial charge in [0.25, 0.3) is 0 Å². The minimum atomic E-state index is 0.784. The van der Waals surface area contributed by atoms with Gasteiger partial charge in [-0.05, 0) is 25.6 Å². The fourth-order valence-corrected chi connectivity index (χ4v) is 1.99. The van der Waals surface area contributed by atoms with E-state index in [1.807, 2.05) is 6.07 Å². The zero-order valence-corrected chi connectivity index (χ0v) is 9.55. The fraction of sp³-hybridized carbons (Fsp3) is 0.636. The molecule has 2 rings (SSSR count). The molecule has 1 saturated heterocycles. The van der Waals surface area contributed by atoms with Gasteiger partial charge in [-0.2, -0.15) is 0 Å². The van der Waals surface area contributed by atoms with Crippen molar-refractivity contribution < 1.29 is 0 Å². The zero-order chi connectivity index (χ0) is 11.2. The Bertz CT molecular complexity index is 295. The smallest absolute Gasteiger partial charge is 0.131 e. The van der Waals surface area contributed by atoms with Crippen LogP contribution in [0, 0.1) is 0 Å². The van der Waals surface area contributed by atoms with Crippen molar-refractivity contribution in [2.75, 3.05) is 44.2 Å². The molecule has 0 atom stereocenters. The highest BCUT2D eigenvalue weighted by Crippen LogP contribution is 2.11. The highest BCUT2D eigenvalue weighted by atomic mass is 15.3. The molecule has 0 aromatic carbocycles. The van der Waals surface area contributed by atoms with Crippen LogP contribution in [-0.4, -0.2) is 54.1 Å². The van der Waals surface area contributed by atoms with Crippen LogP contribution in [0.2, 0.25) is 0 Å². The molecule has 1 aromatic rings. The Kier molecular flexibility index (Phi) is 4.07. The molecule has 0 saturated carbocycles. The van der Waals surface area contributed by atoms with Gasteiger partial charge in [0.1, 0.15) is 12.1 Å². The first kappa shape index (κ1) is 11.3. The number of hydrogen-bond donors (Lipinski definition) is 1. The van der Waals surface area contributed by atoms with Gasteiger partial charge in [0, 0.05) is 32.4 Å². The molecule has 1 fully saturated rings. The largest absolute Gasteiger partial charge is 0.354 e. The van der Waals surface area contributed by atoms with Gasteiger partial charge in [0.15, 0.2) is 0 Å². The predicted octanol–water partition coefficient (Wildman–Crippen LogP) is -0.0526. The molecule has 2 N–H and O–H groups in total. The Morgan fingerprint density at radius 2 is 2.06 bits per heavy atom. The molecule has 0 spiro atoms. The molecule has 0 unspecified atom stereocenters. The van der Waals surface area contributed by atoms with Crippen LogP contribution in [0.5, 0.6) is 0 Å². The fourth-order valence-electron chi connectivity index (χ4n) is 1.99. The molecular weight excluding hydrogens is 202 g/mol. The first-order chi connectivity index (χ1) is 7.90. The van der Waals surface area contributed by atoms with Crippen molar-refractivity contribution >= 4 is 5.82 Å². The summed E-state index contributed by atoms with van der Waals surface area (Å²) in [5.74, 6) is 1.04. The topological polar surface area (TPSA) is 58.3 Å². The quantitative estimate of drug-likeness (QED) is 0.772. The maximum absolute atomic E-state index is 5.51. The maximum atomic E-state index is 5.51. The summed E-state index contributed by atoms with van der Waals surface area (Å²) >= 11 is 0. The SMILES string of the molecule is NCCCN1CCN(c2ccncn2)CC1.